The molecule has 0 bridgehead atoms. The van der Waals surface area contributed by atoms with Crippen LogP contribution in [0.2, 0.25) is 0 Å². The average Bonchev–Trinajstić information content (AvgIpc) is 2.27. The first-order valence-electron chi connectivity index (χ1n) is 6.07. The standard InChI is InChI=1S/C13H20N4O2/c1-9(11(18)17-13(2,3)4)15-12(19)16-10-5-7-14-8-6-10/h5-9H,1-4H3,(H,17,18)(H2,14,15,16,19). The number of rotatable bonds is 3. The van der Waals surface area contributed by atoms with E-state index < -0.39 is 12.1 Å². The van der Waals surface area contributed by atoms with Crippen molar-refractivity contribution in [2.45, 2.75) is 39.3 Å². The van der Waals surface area contributed by atoms with E-state index in [4.69, 9.17) is 0 Å². The zero-order valence-electron chi connectivity index (χ0n) is 11.7. The quantitative estimate of drug-likeness (QED) is 0.773. The minimum Gasteiger partial charge on any atom is -0.350 e. The Morgan fingerprint density at radius 1 is 1.21 bits per heavy atom. The Morgan fingerprint density at radius 2 is 1.79 bits per heavy atom. The molecular formula is C13H20N4O2. The van der Waals surface area contributed by atoms with Gasteiger partial charge in [0.1, 0.15) is 6.04 Å². The second kappa shape index (κ2) is 6.17. The second-order valence-corrected chi connectivity index (χ2v) is 5.30. The molecule has 1 aromatic rings. The van der Waals surface area contributed by atoms with E-state index in [0.717, 1.165) is 0 Å². The molecule has 0 aliphatic heterocycles. The molecule has 104 valence electrons. The lowest BCUT2D eigenvalue weighted by Crippen LogP contribution is -2.51. The van der Waals surface area contributed by atoms with Crippen molar-refractivity contribution in [3.63, 3.8) is 0 Å². The summed E-state index contributed by atoms with van der Waals surface area (Å²) in [5, 5.41) is 7.99. The predicted molar refractivity (Wildman–Crippen MR) is 73.7 cm³/mol. The van der Waals surface area contributed by atoms with Gasteiger partial charge in [0.15, 0.2) is 0 Å². The Labute approximate surface area is 113 Å². The molecule has 0 saturated heterocycles. The van der Waals surface area contributed by atoms with Crippen molar-refractivity contribution in [2.24, 2.45) is 0 Å². The summed E-state index contributed by atoms with van der Waals surface area (Å²) >= 11 is 0. The summed E-state index contributed by atoms with van der Waals surface area (Å²) in [5.74, 6) is -0.225. The van der Waals surface area contributed by atoms with Gasteiger partial charge in [0, 0.05) is 23.6 Å². The molecule has 6 nitrogen and oxygen atoms in total. The summed E-state index contributed by atoms with van der Waals surface area (Å²) < 4.78 is 0. The first kappa shape index (κ1) is 14.9. The topological polar surface area (TPSA) is 83.1 Å². The number of urea groups is 1. The lowest BCUT2D eigenvalue weighted by molar-refractivity contribution is -0.123. The van der Waals surface area contributed by atoms with Crippen molar-refractivity contribution in [3.8, 4) is 0 Å². The minimum absolute atomic E-state index is 0.225. The lowest BCUT2D eigenvalue weighted by atomic mass is 10.1. The molecule has 0 aliphatic carbocycles. The summed E-state index contributed by atoms with van der Waals surface area (Å²) in [5.41, 5.74) is 0.296. The van der Waals surface area contributed by atoms with E-state index in [1.165, 1.54) is 0 Å². The molecule has 3 amide bonds. The number of carbonyl (C=O) groups is 2. The maximum atomic E-state index is 11.8. The highest BCUT2D eigenvalue weighted by atomic mass is 16.2. The van der Waals surface area contributed by atoms with Gasteiger partial charge in [0.05, 0.1) is 0 Å². The average molecular weight is 264 g/mol. The van der Waals surface area contributed by atoms with Gasteiger partial charge in [0.2, 0.25) is 5.91 Å². The fourth-order valence-corrected chi connectivity index (χ4v) is 1.34. The summed E-state index contributed by atoms with van der Waals surface area (Å²) in [6.07, 6.45) is 3.15. The molecule has 0 aliphatic rings. The van der Waals surface area contributed by atoms with Crippen molar-refractivity contribution in [3.05, 3.63) is 24.5 Å². The third-order valence-electron chi connectivity index (χ3n) is 2.18. The monoisotopic (exact) mass is 264 g/mol. The number of nitrogens with one attached hydrogen (secondary N) is 3. The zero-order chi connectivity index (χ0) is 14.5. The van der Waals surface area contributed by atoms with Gasteiger partial charge < -0.3 is 16.0 Å². The molecule has 1 atom stereocenters. The lowest BCUT2D eigenvalue weighted by Gasteiger charge is -2.23. The van der Waals surface area contributed by atoms with Gasteiger partial charge in [-0.2, -0.15) is 0 Å². The second-order valence-electron chi connectivity index (χ2n) is 5.30. The smallest absolute Gasteiger partial charge is 0.319 e. The maximum Gasteiger partial charge on any atom is 0.319 e. The molecular weight excluding hydrogens is 244 g/mol. The minimum atomic E-state index is -0.610. The van der Waals surface area contributed by atoms with Crippen LogP contribution in [0, 0.1) is 0 Å². The van der Waals surface area contributed by atoms with E-state index in [1.807, 2.05) is 20.8 Å². The molecule has 1 heterocycles. The molecule has 6 heteroatoms. The number of pyridine rings is 1. The van der Waals surface area contributed by atoms with E-state index in [2.05, 4.69) is 20.9 Å². The van der Waals surface area contributed by atoms with Gasteiger partial charge in [-0.15, -0.1) is 0 Å². The largest absolute Gasteiger partial charge is 0.350 e. The third-order valence-corrected chi connectivity index (χ3v) is 2.18. The Balaban J connectivity index is 2.46. The van der Waals surface area contributed by atoms with Gasteiger partial charge in [0.25, 0.3) is 0 Å². The molecule has 19 heavy (non-hydrogen) atoms. The summed E-state index contributed by atoms with van der Waals surface area (Å²) in [6.45, 7) is 7.28. The van der Waals surface area contributed by atoms with Crippen molar-refractivity contribution >= 4 is 17.6 Å². The summed E-state index contributed by atoms with van der Waals surface area (Å²) in [7, 11) is 0. The third kappa shape index (κ3) is 5.85. The summed E-state index contributed by atoms with van der Waals surface area (Å²) in [6, 6.07) is 2.29. The van der Waals surface area contributed by atoms with E-state index in [0.29, 0.717) is 5.69 Å². The van der Waals surface area contributed by atoms with Crippen LogP contribution in [0.1, 0.15) is 27.7 Å². The number of anilines is 1. The number of aromatic nitrogens is 1. The van der Waals surface area contributed by atoms with Gasteiger partial charge >= 0.3 is 6.03 Å². The molecule has 1 rings (SSSR count). The highest BCUT2D eigenvalue weighted by molar-refractivity contribution is 5.93. The summed E-state index contributed by atoms with van der Waals surface area (Å²) in [4.78, 5) is 27.3. The van der Waals surface area contributed by atoms with Crippen LogP contribution in [0.15, 0.2) is 24.5 Å². The van der Waals surface area contributed by atoms with Crippen molar-refractivity contribution in [1.82, 2.24) is 15.6 Å². The van der Waals surface area contributed by atoms with Crippen molar-refractivity contribution in [1.29, 1.82) is 0 Å². The van der Waals surface area contributed by atoms with E-state index in [-0.39, 0.29) is 11.4 Å². The Kier molecular flexibility index (Phi) is 4.86. The first-order chi connectivity index (χ1) is 8.78. The Morgan fingerprint density at radius 3 is 2.32 bits per heavy atom. The van der Waals surface area contributed by atoms with E-state index in [1.54, 1.807) is 31.5 Å². The predicted octanol–water partition coefficient (Wildman–Crippen LogP) is 1.51. The fraction of sp³-hybridized carbons (Fsp3) is 0.462. The maximum absolute atomic E-state index is 11.8. The van der Waals surface area contributed by atoms with Crippen LogP contribution < -0.4 is 16.0 Å². The van der Waals surface area contributed by atoms with Gasteiger partial charge in [-0.3, -0.25) is 9.78 Å². The SMILES string of the molecule is CC(NC(=O)Nc1ccncc1)C(=O)NC(C)(C)C. The van der Waals surface area contributed by atoms with Crippen LogP contribution in [0.25, 0.3) is 0 Å². The normalized spacial score (nSPS) is 12.4. The van der Waals surface area contributed by atoms with Crippen molar-refractivity contribution in [2.75, 3.05) is 5.32 Å². The number of carbonyl (C=O) groups excluding carboxylic acids is 2. The van der Waals surface area contributed by atoms with E-state index >= 15 is 0 Å². The van der Waals surface area contributed by atoms with Crippen molar-refractivity contribution < 1.29 is 9.59 Å². The molecule has 1 unspecified atom stereocenters. The number of amides is 3. The Hall–Kier alpha value is -2.11. The van der Waals surface area contributed by atoms with Gasteiger partial charge in [-0.1, -0.05) is 0 Å². The molecule has 0 saturated carbocycles. The highest BCUT2D eigenvalue weighted by Gasteiger charge is 2.20. The zero-order valence-corrected chi connectivity index (χ0v) is 11.7. The fourth-order valence-electron chi connectivity index (χ4n) is 1.34. The molecule has 3 N–H and O–H groups in total. The molecule has 0 aromatic carbocycles. The van der Waals surface area contributed by atoms with Crippen LogP contribution in [-0.4, -0.2) is 28.5 Å². The highest BCUT2D eigenvalue weighted by Crippen LogP contribution is 2.03. The van der Waals surface area contributed by atoms with Crippen LogP contribution in [0.3, 0.4) is 0 Å². The van der Waals surface area contributed by atoms with Gasteiger partial charge in [-0.05, 0) is 39.8 Å². The van der Waals surface area contributed by atoms with Crippen LogP contribution in [0.5, 0.6) is 0 Å². The molecule has 1 aromatic heterocycles. The van der Waals surface area contributed by atoms with Gasteiger partial charge in [-0.25, -0.2) is 4.79 Å². The van der Waals surface area contributed by atoms with E-state index in [9.17, 15) is 9.59 Å². The molecule has 0 fully saturated rings. The molecule has 0 radical (unpaired) electrons. The number of hydrogen-bond acceptors (Lipinski definition) is 3. The first-order valence-corrected chi connectivity index (χ1v) is 6.07. The van der Waals surface area contributed by atoms with Crippen LogP contribution in [0.4, 0.5) is 10.5 Å². The Bertz CT molecular complexity index is 440. The van der Waals surface area contributed by atoms with Crippen LogP contribution >= 0.6 is 0 Å². The molecule has 0 spiro atoms. The number of hydrogen-bond donors (Lipinski definition) is 3. The number of nitrogens with zero attached hydrogens (tertiary/aromatic N) is 1. The van der Waals surface area contributed by atoms with Crippen LogP contribution in [-0.2, 0) is 4.79 Å².